The number of hydrogen-bond donors (Lipinski definition) is 1. The van der Waals surface area contributed by atoms with E-state index < -0.39 is 23.8 Å². The molecule has 0 aromatic heterocycles. The van der Waals surface area contributed by atoms with E-state index in [4.69, 9.17) is 10.00 Å². The van der Waals surface area contributed by atoms with Crippen molar-refractivity contribution in [2.45, 2.75) is 44.9 Å². The maximum absolute atomic E-state index is 11.6. The standard InChI is InChI=1S/C10H16N2O3/c1-10(2,3)15-9(14)12-6-8(13)4-7(12)5-11/h7-8,13H,4,6H2,1-3H3/t7-,8-/m0/s1. The highest BCUT2D eigenvalue weighted by molar-refractivity contribution is 5.69. The molecule has 1 N–H and O–H groups in total. The van der Waals surface area contributed by atoms with Crippen molar-refractivity contribution in [1.82, 2.24) is 4.90 Å². The monoisotopic (exact) mass is 212 g/mol. The van der Waals surface area contributed by atoms with Crippen molar-refractivity contribution in [2.24, 2.45) is 0 Å². The second-order valence-electron chi connectivity index (χ2n) is 4.67. The normalized spacial score (nSPS) is 26.2. The third-order valence-electron chi connectivity index (χ3n) is 2.06. The largest absolute Gasteiger partial charge is 0.444 e. The molecular formula is C10H16N2O3. The van der Waals surface area contributed by atoms with Crippen LogP contribution in [0.4, 0.5) is 4.79 Å². The highest BCUT2D eigenvalue weighted by Crippen LogP contribution is 2.20. The Hall–Kier alpha value is -1.28. The van der Waals surface area contributed by atoms with Crippen LogP contribution in [0.25, 0.3) is 0 Å². The molecule has 2 atom stereocenters. The third-order valence-corrected chi connectivity index (χ3v) is 2.06. The van der Waals surface area contributed by atoms with Gasteiger partial charge in [-0.25, -0.2) is 4.79 Å². The van der Waals surface area contributed by atoms with E-state index in [0.29, 0.717) is 6.42 Å². The number of ether oxygens (including phenoxy) is 1. The van der Waals surface area contributed by atoms with Crippen LogP contribution in [-0.4, -0.2) is 40.4 Å². The van der Waals surface area contributed by atoms with Gasteiger partial charge in [-0.1, -0.05) is 0 Å². The van der Waals surface area contributed by atoms with Gasteiger partial charge in [0.05, 0.1) is 18.7 Å². The summed E-state index contributed by atoms with van der Waals surface area (Å²) in [5, 5.41) is 18.1. The van der Waals surface area contributed by atoms with Crippen LogP contribution in [0.3, 0.4) is 0 Å². The summed E-state index contributed by atoms with van der Waals surface area (Å²) in [5.41, 5.74) is -0.579. The maximum Gasteiger partial charge on any atom is 0.411 e. The molecule has 1 aliphatic rings. The minimum atomic E-state index is -0.623. The SMILES string of the molecule is CC(C)(C)OC(=O)N1C[C@@H](O)C[C@H]1C#N. The van der Waals surface area contributed by atoms with Crippen LogP contribution < -0.4 is 0 Å². The van der Waals surface area contributed by atoms with Crippen LogP contribution in [0, 0.1) is 11.3 Å². The molecule has 1 aliphatic heterocycles. The minimum Gasteiger partial charge on any atom is -0.444 e. The van der Waals surface area contributed by atoms with Gasteiger partial charge in [0.25, 0.3) is 0 Å². The highest BCUT2D eigenvalue weighted by atomic mass is 16.6. The van der Waals surface area contributed by atoms with Crippen LogP contribution in [0.5, 0.6) is 0 Å². The first-order valence-electron chi connectivity index (χ1n) is 4.91. The molecule has 0 bridgehead atoms. The van der Waals surface area contributed by atoms with Crippen LogP contribution in [0.2, 0.25) is 0 Å². The van der Waals surface area contributed by atoms with Gasteiger partial charge in [-0.3, -0.25) is 4.90 Å². The summed E-state index contributed by atoms with van der Waals surface area (Å²) in [7, 11) is 0. The van der Waals surface area contributed by atoms with Gasteiger partial charge >= 0.3 is 6.09 Å². The van der Waals surface area contributed by atoms with Crippen molar-refractivity contribution in [3.05, 3.63) is 0 Å². The molecule has 1 heterocycles. The lowest BCUT2D eigenvalue weighted by Crippen LogP contribution is -2.39. The maximum atomic E-state index is 11.6. The molecule has 1 saturated heterocycles. The number of amides is 1. The van der Waals surface area contributed by atoms with Crippen molar-refractivity contribution in [1.29, 1.82) is 5.26 Å². The number of carbonyl (C=O) groups excluding carboxylic acids is 1. The van der Waals surface area contributed by atoms with E-state index in [2.05, 4.69) is 0 Å². The highest BCUT2D eigenvalue weighted by Gasteiger charge is 2.36. The molecule has 0 aromatic carbocycles. The average Bonchev–Trinajstić information content (AvgIpc) is 2.43. The predicted octanol–water partition coefficient (Wildman–Crippen LogP) is 0.880. The fourth-order valence-electron chi connectivity index (χ4n) is 1.46. The second-order valence-corrected chi connectivity index (χ2v) is 4.67. The Bertz CT molecular complexity index is 290. The van der Waals surface area contributed by atoms with Crippen molar-refractivity contribution in [3.63, 3.8) is 0 Å². The summed E-state index contributed by atoms with van der Waals surface area (Å²) < 4.78 is 5.13. The Kier molecular flexibility index (Phi) is 3.20. The Labute approximate surface area is 89.2 Å². The van der Waals surface area contributed by atoms with E-state index in [0.717, 1.165) is 0 Å². The molecule has 15 heavy (non-hydrogen) atoms. The smallest absolute Gasteiger partial charge is 0.411 e. The van der Waals surface area contributed by atoms with E-state index >= 15 is 0 Å². The molecule has 0 saturated carbocycles. The Morgan fingerprint density at radius 3 is 2.67 bits per heavy atom. The van der Waals surface area contributed by atoms with Gasteiger partial charge in [-0.2, -0.15) is 5.26 Å². The summed E-state index contributed by atoms with van der Waals surface area (Å²) >= 11 is 0. The van der Waals surface area contributed by atoms with Crippen LogP contribution in [-0.2, 0) is 4.74 Å². The molecule has 0 unspecified atom stereocenters. The predicted molar refractivity (Wildman–Crippen MR) is 53.0 cm³/mol. The molecule has 0 aliphatic carbocycles. The van der Waals surface area contributed by atoms with Crippen molar-refractivity contribution >= 4 is 6.09 Å². The fourth-order valence-corrected chi connectivity index (χ4v) is 1.46. The number of β-amino-alcohol motifs (C(OH)–C–C–N with tert-alkyl or cyclic N) is 1. The first-order chi connectivity index (χ1) is 6.83. The van der Waals surface area contributed by atoms with Gasteiger partial charge in [0.1, 0.15) is 11.6 Å². The molecule has 1 amide bonds. The van der Waals surface area contributed by atoms with Crippen molar-refractivity contribution in [2.75, 3.05) is 6.54 Å². The fraction of sp³-hybridized carbons (Fsp3) is 0.800. The molecule has 0 aromatic rings. The number of carbonyl (C=O) groups is 1. The summed E-state index contributed by atoms with van der Waals surface area (Å²) in [6.07, 6.45) is -0.858. The summed E-state index contributed by atoms with van der Waals surface area (Å²) in [6, 6.07) is 1.40. The lowest BCUT2D eigenvalue weighted by molar-refractivity contribution is 0.0238. The van der Waals surface area contributed by atoms with E-state index in [1.807, 2.05) is 6.07 Å². The number of likely N-dealkylation sites (tertiary alicyclic amines) is 1. The van der Waals surface area contributed by atoms with Gasteiger partial charge in [0, 0.05) is 6.42 Å². The molecule has 0 radical (unpaired) electrons. The molecule has 5 heteroatoms. The third kappa shape index (κ3) is 3.10. The zero-order valence-electron chi connectivity index (χ0n) is 9.23. The second kappa shape index (κ2) is 4.07. The number of rotatable bonds is 0. The van der Waals surface area contributed by atoms with Gasteiger partial charge in [0.2, 0.25) is 0 Å². The Morgan fingerprint density at radius 1 is 1.60 bits per heavy atom. The quantitative estimate of drug-likeness (QED) is 0.647. The average molecular weight is 212 g/mol. The molecule has 0 spiro atoms. The Morgan fingerprint density at radius 2 is 2.20 bits per heavy atom. The zero-order chi connectivity index (χ0) is 11.6. The topological polar surface area (TPSA) is 73.6 Å². The van der Waals surface area contributed by atoms with Gasteiger partial charge in [-0.05, 0) is 20.8 Å². The molecule has 84 valence electrons. The molecule has 5 nitrogen and oxygen atoms in total. The minimum absolute atomic E-state index is 0.174. The van der Waals surface area contributed by atoms with Crippen LogP contribution in [0.1, 0.15) is 27.2 Å². The number of hydrogen-bond acceptors (Lipinski definition) is 4. The van der Waals surface area contributed by atoms with Crippen LogP contribution >= 0.6 is 0 Å². The van der Waals surface area contributed by atoms with E-state index in [-0.39, 0.29) is 6.54 Å². The van der Waals surface area contributed by atoms with Crippen molar-refractivity contribution < 1.29 is 14.6 Å². The number of aliphatic hydroxyl groups is 1. The van der Waals surface area contributed by atoms with Crippen molar-refractivity contribution in [3.8, 4) is 6.07 Å². The van der Waals surface area contributed by atoms with E-state index in [9.17, 15) is 9.90 Å². The zero-order valence-corrected chi connectivity index (χ0v) is 9.23. The number of nitrogens with zero attached hydrogens (tertiary/aromatic N) is 2. The van der Waals surface area contributed by atoms with Gasteiger partial charge < -0.3 is 9.84 Å². The Balaban J connectivity index is 2.64. The molecule has 1 rings (SSSR count). The van der Waals surface area contributed by atoms with E-state index in [1.165, 1.54) is 4.90 Å². The first-order valence-corrected chi connectivity index (χ1v) is 4.91. The lowest BCUT2D eigenvalue weighted by atomic mass is 10.2. The van der Waals surface area contributed by atoms with Crippen LogP contribution in [0.15, 0.2) is 0 Å². The summed E-state index contributed by atoms with van der Waals surface area (Å²) in [5.74, 6) is 0. The summed E-state index contributed by atoms with van der Waals surface area (Å²) in [4.78, 5) is 12.9. The summed E-state index contributed by atoms with van der Waals surface area (Å²) in [6.45, 7) is 5.46. The lowest BCUT2D eigenvalue weighted by Gasteiger charge is -2.25. The van der Waals surface area contributed by atoms with Gasteiger partial charge in [0.15, 0.2) is 0 Å². The number of aliphatic hydroxyl groups excluding tert-OH is 1. The molecular weight excluding hydrogens is 196 g/mol. The number of nitriles is 1. The first kappa shape index (κ1) is 11.8. The van der Waals surface area contributed by atoms with E-state index in [1.54, 1.807) is 20.8 Å². The molecule has 1 fully saturated rings. The van der Waals surface area contributed by atoms with Gasteiger partial charge in [-0.15, -0.1) is 0 Å².